The van der Waals surface area contributed by atoms with E-state index in [1.54, 1.807) is 0 Å². The van der Waals surface area contributed by atoms with Gasteiger partial charge < -0.3 is 0 Å². The third kappa shape index (κ3) is 2.19. The minimum absolute atomic E-state index is 0.673. The topological polar surface area (TPSA) is 23.8 Å². The second kappa shape index (κ2) is 4.56. The number of hydrogen-bond donors (Lipinski definition) is 0. The summed E-state index contributed by atoms with van der Waals surface area (Å²) in [5.41, 5.74) is 4.95. The zero-order valence-electron chi connectivity index (χ0n) is 9.57. The first kappa shape index (κ1) is 11.0. The molecule has 0 fully saturated rings. The highest BCUT2D eigenvalue weighted by Crippen LogP contribution is 2.24. The molecule has 0 amide bonds. The van der Waals surface area contributed by atoms with Crippen LogP contribution in [0.3, 0.4) is 0 Å². The third-order valence-electron chi connectivity index (χ3n) is 2.72. The molecule has 80 valence electrons. The number of benzene rings is 2. The molecule has 0 aliphatic rings. The molecule has 0 spiro atoms. The summed E-state index contributed by atoms with van der Waals surface area (Å²) in [5, 5.41) is 8.75. The van der Waals surface area contributed by atoms with Crippen LogP contribution in [0.4, 0.5) is 0 Å². The molecule has 0 saturated carbocycles. The van der Waals surface area contributed by atoms with E-state index in [2.05, 4.69) is 12.0 Å². The Bertz CT molecular complexity index is 622. The Hall–Kier alpha value is -2.51. The molecule has 0 aliphatic carbocycles. The first-order valence-corrected chi connectivity index (χ1v) is 5.32. The molecule has 0 radical (unpaired) electrons. The highest BCUT2D eigenvalue weighted by Gasteiger charge is 2.02. The number of aryl methyl sites for hydroxylation is 1. The van der Waals surface area contributed by atoms with Crippen molar-refractivity contribution in [2.75, 3.05) is 0 Å². The van der Waals surface area contributed by atoms with Crippen LogP contribution in [0, 0.1) is 30.6 Å². The molecule has 0 aromatic heterocycles. The van der Waals surface area contributed by atoms with Crippen molar-refractivity contribution >= 4 is 0 Å². The van der Waals surface area contributed by atoms with Gasteiger partial charge in [0.2, 0.25) is 0 Å². The monoisotopic (exact) mass is 217 g/mol. The lowest BCUT2D eigenvalue weighted by Gasteiger charge is -2.06. The average molecular weight is 217 g/mol. The van der Waals surface area contributed by atoms with Gasteiger partial charge in [-0.25, -0.2) is 0 Å². The van der Waals surface area contributed by atoms with Gasteiger partial charge in [-0.2, -0.15) is 5.26 Å². The Balaban J connectivity index is 2.47. The summed E-state index contributed by atoms with van der Waals surface area (Å²) in [6.07, 6.45) is 5.36. The molecule has 0 saturated heterocycles. The summed E-state index contributed by atoms with van der Waals surface area (Å²) in [6, 6.07) is 15.6. The zero-order chi connectivity index (χ0) is 12.3. The van der Waals surface area contributed by atoms with E-state index >= 15 is 0 Å². The summed E-state index contributed by atoms with van der Waals surface area (Å²) < 4.78 is 0. The van der Waals surface area contributed by atoms with Crippen molar-refractivity contribution in [2.24, 2.45) is 0 Å². The molecule has 1 nitrogen and oxygen atoms in total. The number of nitriles is 1. The molecule has 0 N–H and O–H groups in total. The molecule has 2 aromatic rings. The molecule has 0 aliphatic heterocycles. The summed E-state index contributed by atoms with van der Waals surface area (Å²) in [7, 11) is 0. The lowest BCUT2D eigenvalue weighted by atomic mass is 9.98. The summed E-state index contributed by atoms with van der Waals surface area (Å²) in [6.45, 7) is 2.04. The van der Waals surface area contributed by atoms with Crippen LogP contribution in [-0.2, 0) is 0 Å². The Morgan fingerprint density at radius 2 is 1.65 bits per heavy atom. The van der Waals surface area contributed by atoms with Crippen molar-refractivity contribution < 1.29 is 0 Å². The van der Waals surface area contributed by atoms with Gasteiger partial charge in [0.25, 0.3) is 0 Å². The maximum Gasteiger partial charge on any atom is 0.0991 e. The van der Waals surface area contributed by atoms with Crippen LogP contribution in [0.1, 0.15) is 16.7 Å². The Morgan fingerprint density at radius 1 is 1.00 bits per heavy atom. The third-order valence-corrected chi connectivity index (χ3v) is 2.72. The first-order chi connectivity index (χ1) is 8.24. The van der Waals surface area contributed by atoms with E-state index in [9.17, 15) is 0 Å². The van der Waals surface area contributed by atoms with Crippen LogP contribution in [0.2, 0.25) is 0 Å². The maximum atomic E-state index is 8.75. The SMILES string of the molecule is C#Cc1ccc(-c2ccc(C#N)cc2)c(C)c1. The van der Waals surface area contributed by atoms with Crippen LogP contribution in [-0.4, -0.2) is 0 Å². The molecule has 0 unspecified atom stereocenters. The van der Waals surface area contributed by atoms with Crippen molar-refractivity contribution in [2.45, 2.75) is 6.92 Å². The predicted octanol–water partition coefficient (Wildman–Crippen LogP) is 3.52. The summed E-state index contributed by atoms with van der Waals surface area (Å²) >= 11 is 0. The average Bonchev–Trinajstić information content (AvgIpc) is 2.39. The normalized spacial score (nSPS) is 9.35. The van der Waals surface area contributed by atoms with Crippen molar-refractivity contribution in [1.29, 1.82) is 5.26 Å². The highest BCUT2D eigenvalue weighted by molar-refractivity contribution is 5.68. The van der Waals surface area contributed by atoms with E-state index < -0.39 is 0 Å². The Kier molecular flexibility index (Phi) is 2.95. The number of hydrogen-bond acceptors (Lipinski definition) is 1. The smallest absolute Gasteiger partial charge is 0.0991 e. The lowest BCUT2D eigenvalue weighted by molar-refractivity contribution is 1.43. The van der Waals surface area contributed by atoms with E-state index in [1.165, 1.54) is 0 Å². The highest BCUT2D eigenvalue weighted by atomic mass is 14.2. The molecular formula is C16H11N. The summed E-state index contributed by atoms with van der Waals surface area (Å²) in [5.74, 6) is 2.62. The lowest BCUT2D eigenvalue weighted by Crippen LogP contribution is -1.85. The van der Waals surface area contributed by atoms with Crippen molar-refractivity contribution in [3.63, 3.8) is 0 Å². The van der Waals surface area contributed by atoms with E-state index in [0.717, 1.165) is 22.3 Å². The molecule has 0 heterocycles. The van der Waals surface area contributed by atoms with Crippen molar-refractivity contribution in [3.05, 3.63) is 59.2 Å². The minimum atomic E-state index is 0.673. The van der Waals surface area contributed by atoms with Gasteiger partial charge in [-0.3, -0.25) is 0 Å². The molecule has 0 atom stereocenters. The molecule has 1 heteroatoms. The largest absolute Gasteiger partial charge is 0.192 e. The molecule has 17 heavy (non-hydrogen) atoms. The molecule has 0 bridgehead atoms. The van der Waals surface area contributed by atoms with Crippen LogP contribution in [0.15, 0.2) is 42.5 Å². The van der Waals surface area contributed by atoms with Crippen LogP contribution in [0.25, 0.3) is 11.1 Å². The van der Waals surface area contributed by atoms with Crippen molar-refractivity contribution in [3.8, 4) is 29.5 Å². The molecule has 2 rings (SSSR count). The number of terminal acetylenes is 1. The van der Waals surface area contributed by atoms with E-state index in [0.29, 0.717) is 5.56 Å². The van der Waals surface area contributed by atoms with Crippen molar-refractivity contribution in [1.82, 2.24) is 0 Å². The standard InChI is InChI=1S/C16H11N/c1-3-13-6-9-16(12(2)10-13)15-7-4-14(11-17)5-8-15/h1,4-10H,2H3. The van der Waals surface area contributed by atoms with E-state index in [-0.39, 0.29) is 0 Å². The predicted molar refractivity (Wildman–Crippen MR) is 69.3 cm³/mol. The van der Waals surface area contributed by atoms with Gasteiger partial charge in [-0.1, -0.05) is 24.1 Å². The van der Waals surface area contributed by atoms with Gasteiger partial charge >= 0.3 is 0 Å². The van der Waals surface area contributed by atoms with Gasteiger partial charge in [0.1, 0.15) is 0 Å². The Labute approximate surface area is 101 Å². The number of rotatable bonds is 1. The molecular weight excluding hydrogens is 206 g/mol. The fourth-order valence-electron chi connectivity index (χ4n) is 1.80. The van der Waals surface area contributed by atoms with Crippen LogP contribution < -0.4 is 0 Å². The van der Waals surface area contributed by atoms with Gasteiger partial charge in [0, 0.05) is 5.56 Å². The second-order valence-electron chi connectivity index (χ2n) is 3.86. The van der Waals surface area contributed by atoms with E-state index in [1.807, 2.05) is 49.4 Å². The fraction of sp³-hybridized carbons (Fsp3) is 0.0625. The van der Waals surface area contributed by atoms with Crippen LogP contribution in [0.5, 0.6) is 0 Å². The molecule has 2 aromatic carbocycles. The quantitative estimate of drug-likeness (QED) is 0.670. The first-order valence-electron chi connectivity index (χ1n) is 5.32. The Morgan fingerprint density at radius 3 is 2.18 bits per heavy atom. The van der Waals surface area contributed by atoms with Crippen LogP contribution >= 0.6 is 0 Å². The maximum absolute atomic E-state index is 8.75. The fourth-order valence-corrected chi connectivity index (χ4v) is 1.80. The van der Waals surface area contributed by atoms with E-state index in [4.69, 9.17) is 11.7 Å². The minimum Gasteiger partial charge on any atom is -0.192 e. The van der Waals surface area contributed by atoms with Gasteiger partial charge in [0.05, 0.1) is 11.6 Å². The number of nitrogens with zero attached hydrogens (tertiary/aromatic N) is 1. The second-order valence-corrected chi connectivity index (χ2v) is 3.86. The van der Waals surface area contributed by atoms with Gasteiger partial charge in [-0.15, -0.1) is 6.42 Å². The van der Waals surface area contributed by atoms with Gasteiger partial charge in [-0.05, 0) is 47.9 Å². The summed E-state index contributed by atoms with van der Waals surface area (Å²) in [4.78, 5) is 0. The van der Waals surface area contributed by atoms with Gasteiger partial charge in [0.15, 0.2) is 0 Å². The zero-order valence-corrected chi connectivity index (χ0v) is 9.57.